The average Bonchev–Trinajstić information content (AvgIpc) is 2.20. The van der Waals surface area contributed by atoms with Gasteiger partial charge in [0.15, 0.2) is 0 Å². The number of alkyl halides is 1. The quantitative estimate of drug-likeness (QED) is 0.820. The zero-order chi connectivity index (χ0) is 13.2. The minimum Gasteiger partial charge on any atom is -0.346 e. The number of benzene rings is 1. The van der Waals surface area contributed by atoms with Crippen LogP contribution in [0.15, 0.2) is 22.7 Å². The van der Waals surface area contributed by atoms with Gasteiger partial charge in [0.25, 0.3) is 5.91 Å². The summed E-state index contributed by atoms with van der Waals surface area (Å²) in [4.78, 5) is 12.1. The van der Waals surface area contributed by atoms with E-state index in [9.17, 15) is 4.79 Å². The van der Waals surface area contributed by atoms with Crippen molar-refractivity contribution in [3.8, 4) is 0 Å². The van der Waals surface area contributed by atoms with Crippen LogP contribution in [0.4, 0.5) is 0 Å². The first-order valence-corrected chi connectivity index (χ1v) is 6.76. The van der Waals surface area contributed by atoms with E-state index in [0.717, 1.165) is 4.47 Å². The molecule has 1 amide bonds. The van der Waals surface area contributed by atoms with Gasteiger partial charge in [-0.2, -0.15) is 0 Å². The van der Waals surface area contributed by atoms with Crippen LogP contribution in [0.25, 0.3) is 0 Å². The molecule has 0 aromatic heterocycles. The summed E-state index contributed by atoms with van der Waals surface area (Å²) in [6, 6.07) is 5.15. The van der Waals surface area contributed by atoms with Crippen LogP contribution in [0.5, 0.6) is 0 Å². The zero-order valence-electron chi connectivity index (χ0n) is 9.85. The van der Waals surface area contributed by atoms with Crippen LogP contribution >= 0.6 is 39.1 Å². The Hall–Kier alpha value is -0.250. The van der Waals surface area contributed by atoms with Gasteiger partial charge in [-0.3, -0.25) is 4.79 Å². The summed E-state index contributed by atoms with van der Waals surface area (Å²) in [5.74, 6) is -0.228. The van der Waals surface area contributed by atoms with Gasteiger partial charge >= 0.3 is 0 Å². The highest BCUT2D eigenvalue weighted by Crippen LogP contribution is 2.22. The molecule has 0 aliphatic heterocycles. The second-order valence-corrected chi connectivity index (χ2v) is 6.39. The summed E-state index contributed by atoms with van der Waals surface area (Å²) in [5.41, 5.74) is -0.0592. The van der Waals surface area contributed by atoms with E-state index < -0.39 is 5.54 Å². The van der Waals surface area contributed by atoms with Crippen molar-refractivity contribution in [3.63, 3.8) is 0 Å². The number of nitrogens with one attached hydrogen (secondary N) is 1. The van der Waals surface area contributed by atoms with E-state index in [1.165, 1.54) is 0 Å². The predicted octanol–water partition coefficient (Wildman–Crippen LogP) is 4.24. The van der Waals surface area contributed by atoms with Gasteiger partial charge in [0.05, 0.1) is 21.5 Å². The van der Waals surface area contributed by atoms with Crippen molar-refractivity contribution in [2.24, 2.45) is 0 Å². The van der Waals surface area contributed by atoms with Gasteiger partial charge in [0, 0.05) is 4.47 Å². The Morgan fingerprint density at radius 2 is 2.06 bits per heavy atom. The lowest BCUT2D eigenvalue weighted by Gasteiger charge is -2.29. The zero-order valence-corrected chi connectivity index (χ0v) is 12.9. The van der Waals surface area contributed by atoms with Gasteiger partial charge in [-0.25, -0.2) is 0 Å². The van der Waals surface area contributed by atoms with E-state index in [1.807, 2.05) is 20.8 Å². The van der Waals surface area contributed by atoms with E-state index in [-0.39, 0.29) is 11.3 Å². The maximum absolute atomic E-state index is 12.1. The van der Waals surface area contributed by atoms with Gasteiger partial charge in [-0.15, -0.1) is 11.6 Å². The molecule has 1 unspecified atom stereocenters. The number of halogens is 3. The van der Waals surface area contributed by atoms with Crippen molar-refractivity contribution >= 4 is 45.0 Å². The van der Waals surface area contributed by atoms with Gasteiger partial charge < -0.3 is 5.32 Å². The van der Waals surface area contributed by atoms with Gasteiger partial charge in [-0.05, 0) is 39.0 Å². The number of carbonyl (C=O) groups is 1. The SMILES string of the molecule is CC(Cl)C(C)(C)NC(=O)c1cc(Br)ccc1Cl. The molecule has 0 saturated carbocycles. The van der Waals surface area contributed by atoms with Crippen molar-refractivity contribution in [1.29, 1.82) is 0 Å². The van der Waals surface area contributed by atoms with E-state index in [4.69, 9.17) is 23.2 Å². The molecule has 5 heteroatoms. The molecule has 0 aliphatic rings. The molecule has 0 saturated heterocycles. The van der Waals surface area contributed by atoms with Crippen LogP contribution in [-0.4, -0.2) is 16.8 Å². The lowest BCUT2D eigenvalue weighted by molar-refractivity contribution is 0.0912. The number of carbonyl (C=O) groups excluding carboxylic acids is 1. The largest absolute Gasteiger partial charge is 0.346 e. The van der Waals surface area contributed by atoms with E-state index in [1.54, 1.807) is 18.2 Å². The van der Waals surface area contributed by atoms with Crippen LogP contribution in [-0.2, 0) is 0 Å². The Morgan fingerprint density at radius 3 is 2.59 bits per heavy atom. The van der Waals surface area contributed by atoms with E-state index in [0.29, 0.717) is 10.6 Å². The van der Waals surface area contributed by atoms with Crippen LogP contribution in [0.3, 0.4) is 0 Å². The normalized spacial score (nSPS) is 13.3. The standard InChI is InChI=1S/C12H14BrCl2NO/c1-7(14)12(2,3)16-11(17)9-6-8(13)4-5-10(9)15/h4-7H,1-3H3,(H,16,17). The summed E-state index contributed by atoms with van der Waals surface area (Å²) in [7, 11) is 0. The topological polar surface area (TPSA) is 29.1 Å². The third kappa shape index (κ3) is 3.87. The lowest BCUT2D eigenvalue weighted by atomic mass is 10.0. The second kappa shape index (κ2) is 5.59. The molecule has 0 radical (unpaired) electrons. The molecule has 17 heavy (non-hydrogen) atoms. The Bertz CT molecular complexity index is 433. The third-order valence-corrected chi connectivity index (χ3v) is 3.97. The fraction of sp³-hybridized carbons (Fsp3) is 0.417. The van der Waals surface area contributed by atoms with Gasteiger partial charge in [0.2, 0.25) is 0 Å². The maximum Gasteiger partial charge on any atom is 0.253 e. The lowest BCUT2D eigenvalue weighted by Crippen LogP contribution is -2.49. The van der Waals surface area contributed by atoms with Gasteiger partial charge in [0.1, 0.15) is 0 Å². The minimum absolute atomic E-state index is 0.183. The molecule has 1 atom stereocenters. The molecular formula is C12H14BrCl2NO. The monoisotopic (exact) mass is 337 g/mol. The molecule has 0 heterocycles. The molecule has 2 nitrogen and oxygen atoms in total. The Labute approximate surface area is 120 Å². The smallest absolute Gasteiger partial charge is 0.253 e. The number of amides is 1. The van der Waals surface area contributed by atoms with Crippen molar-refractivity contribution in [2.75, 3.05) is 0 Å². The van der Waals surface area contributed by atoms with Crippen molar-refractivity contribution in [2.45, 2.75) is 31.7 Å². The fourth-order valence-corrected chi connectivity index (χ4v) is 1.75. The predicted molar refractivity (Wildman–Crippen MR) is 76.0 cm³/mol. The molecule has 1 aromatic carbocycles. The highest BCUT2D eigenvalue weighted by molar-refractivity contribution is 9.10. The molecule has 0 aliphatic carbocycles. The second-order valence-electron chi connectivity index (χ2n) is 4.42. The molecule has 0 spiro atoms. The summed E-state index contributed by atoms with van der Waals surface area (Å²) in [6.07, 6.45) is 0. The van der Waals surface area contributed by atoms with Crippen molar-refractivity contribution in [1.82, 2.24) is 5.32 Å². The van der Waals surface area contributed by atoms with E-state index >= 15 is 0 Å². The fourth-order valence-electron chi connectivity index (χ4n) is 1.13. The van der Waals surface area contributed by atoms with E-state index in [2.05, 4.69) is 21.2 Å². The first kappa shape index (κ1) is 14.8. The highest BCUT2D eigenvalue weighted by Gasteiger charge is 2.27. The van der Waals surface area contributed by atoms with Gasteiger partial charge in [-0.1, -0.05) is 27.5 Å². The first-order valence-electron chi connectivity index (χ1n) is 5.15. The molecule has 0 fully saturated rings. The van der Waals surface area contributed by atoms with Crippen LogP contribution in [0, 0.1) is 0 Å². The Kier molecular flexibility index (Phi) is 4.87. The number of hydrogen-bond donors (Lipinski definition) is 1. The number of rotatable bonds is 3. The summed E-state index contributed by atoms with van der Waals surface area (Å²) < 4.78 is 0.809. The van der Waals surface area contributed by atoms with Crippen LogP contribution in [0.2, 0.25) is 5.02 Å². The molecule has 1 aromatic rings. The first-order chi connectivity index (χ1) is 7.74. The third-order valence-electron chi connectivity index (χ3n) is 2.60. The Morgan fingerprint density at radius 1 is 1.47 bits per heavy atom. The summed E-state index contributed by atoms with van der Waals surface area (Å²) in [5, 5.41) is 3.10. The molecule has 1 N–H and O–H groups in total. The molecule has 94 valence electrons. The minimum atomic E-state index is -0.496. The maximum atomic E-state index is 12.1. The Balaban J connectivity index is 2.94. The summed E-state index contributed by atoms with van der Waals surface area (Å²) >= 11 is 15.3. The van der Waals surface area contributed by atoms with Crippen LogP contribution < -0.4 is 5.32 Å². The molecule has 1 rings (SSSR count). The average molecular weight is 339 g/mol. The van der Waals surface area contributed by atoms with Crippen molar-refractivity contribution in [3.05, 3.63) is 33.3 Å². The van der Waals surface area contributed by atoms with Crippen LogP contribution in [0.1, 0.15) is 31.1 Å². The number of hydrogen-bond acceptors (Lipinski definition) is 1. The molecular weight excluding hydrogens is 325 g/mol. The summed E-state index contributed by atoms with van der Waals surface area (Å²) in [6.45, 7) is 5.58. The van der Waals surface area contributed by atoms with Crippen molar-refractivity contribution < 1.29 is 4.79 Å². The molecule has 0 bridgehead atoms. The highest BCUT2D eigenvalue weighted by atomic mass is 79.9.